The first-order valence-electron chi connectivity index (χ1n) is 8.01. The normalized spacial score (nSPS) is 11.9. The molecule has 0 amide bonds. The van der Waals surface area contributed by atoms with Crippen LogP contribution in [0.2, 0.25) is 0 Å². The van der Waals surface area contributed by atoms with E-state index < -0.39 is 0 Å². The standard InChI is InChI=1S/C19H15N3OS/c1-3-17-21-19(23-22-17)15-8-12-10(2)18-13(9-14(12)20-15)11-6-4-5-7-16(11)24-18/h4-9,20H,3H2,1-2H3. The van der Waals surface area contributed by atoms with E-state index in [0.717, 1.165) is 23.5 Å². The number of fused-ring (bicyclic) bond motifs is 4. The Hall–Kier alpha value is -2.66. The summed E-state index contributed by atoms with van der Waals surface area (Å²) in [6.45, 7) is 4.20. The van der Waals surface area contributed by atoms with Gasteiger partial charge >= 0.3 is 0 Å². The van der Waals surface area contributed by atoms with Crippen LogP contribution in [0.15, 0.2) is 40.9 Å². The van der Waals surface area contributed by atoms with Crippen molar-refractivity contribution in [2.24, 2.45) is 0 Å². The zero-order valence-electron chi connectivity index (χ0n) is 13.4. The number of aryl methyl sites for hydroxylation is 2. The van der Waals surface area contributed by atoms with Crippen molar-refractivity contribution < 1.29 is 4.52 Å². The van der Waals surface area contributed by atoms with Gasteiger partial charge in [-0.05, 0) is 30.7 Å². The highest BCUT2D eigenvalue weighted by atomic mass is 32.1. The van der Waals surface area contributed by atoms with Crippen LogP contribution < -0.4 is 0 Å². The van der Waals surface area contributed by atoms with Gasteiger partial charge < -0.3 is 9.51 Å². The van der Waals surface area contributed by atoms with E-state index >= 15 is 0 Å². The SMILES string of the molecule is CCc1noc(-c2cc3c(C)c4sc5ccccc5c4cc3[nH]2)n1. The van der Waals surface area contributed by atoms with Gasteiger partial charge in [-0.2, -0.15) is 4.98 Å². The maximum absolute atomic E-state index is 5.37. The summed E-state index contributed by atoms with van der Waals surface area (Å²) in [6.07, 6.45) is 0.768. The fraction of sp³-hybridized carbons (Fsp3) is 0.158. The number of H-pyrrole nitrogens is 1. The van der Waals surface area contributed by atoms with Crippen LogP contribution in [0.5, 0.6) is 0 Å². The minimum atomic E-state index is 0.552. The zero-order chi connectivity index (χ0) is 16.3. The molecule has 5 aromatic rings. The predicted molar refractivity (Wildman–Crippen MR) is 98.6 cm³/mol. The van der Waals surface area contributed by atoms with Crippen LogP contribution in [0, 0.1) is 6.92 Å². The van der Waals surface area contributed by atoms with Gasteiger partial charge in [0.15, 0.2) is 5.82 Å². The lowest BCUT2D eigenvalue weighted by atomic mass is 10.1. The van der Waals surface area contributed by atoms with Gasteiger partial charge in [-0.15, -0.1) is 11.3 Å². The average Bonchev–Trinajstić information content (AvgIpc) is 3.31. The summed E-state index contributed by atoms with van der Waals surface area (Å²) in [7, 11) is 0. The Morgan fingerprint density at radius 1 is 1.12 bits per heavy atom. The Bertz CT molecular complexity index is 1210. The van der Waals surface area contributed by atoms with Crippen LogP contribution in [-0.2, 0) is 6.42 Å². The third-order valence-electron chi connectivity index (χ3n) is 4.53. The summed E-state index contributed by atoms with van der Waals surface area (Å²) < 4.78 is 8.04. The second-order valence-electron chi connectivity index (χ2n) is 5.99. The lowest BCUT2D eigenvalue weighted by molar-refractivity contribution is 0.422. The third-order valence-corrected chi connectivity index (χ3v) is 5.84. The van der Waals surface area contributed by atoms with Crippen LogP contribution in [0.3, 0.4) is 0 Å². The van der Waals surface area contributed by atoms with Gasteiger partial charge in [0.25, 0.3) is 5.89 Å². The van der Waals surface area contributed by atoms with Crippen molar-refractivity contribution in [3.63, 3.8) is 0 Å². The molecule has 5 rings (SSSR count). The summed E-state index contributed by atoms with van der Waals surface area (Å²) in [5.74, 6) is 1.28. The van der Waals surface area contributed by atoms with Gasteiger partial charge in [0.2, 0.25) is 0 Å². The molecule has 0 aliphatic rings. The number of nitrogens with zero attached hydrogens (tertiary/aromatic N) is 2. The quantitative estimate of drug-likeness (QED) is 0.467. The molecule has 24 heavy (non-hydrogen) atoms. The number of hydrogen-bond donors (Lipinski definition) is 1. The van der Waals surface area contributed by atoms with Crippen LogP contribution in [0.1, 0.15) is 18.3 Å². The molecule has 0 saturated heterocycles. The molecular weight excluding hydrogens is 318 g/mol. The lowest BCUT2D eigenvalue weighted by Crippen LogP contribution is -1.82. The van der Waals surface area contributed by atoms with E-state index in [2.05, 4.69) is 58.4 Å². The Morgan fingerprint density at radius 3 is 2.83 bits per heavy atom. The summed E-state index contributed by atoms with van der Waals surface area (Å²) >= 11 is 1.85. The zero-order valence-corrected chi connectivity index (χ0v) is 14.2. The van der Waals surface area contributed by atoms with Crippen LogP contribution in [-0.4, -0.2) is 15.1 Å². The molecule has 3 aromatic heterocycles. The van der Waals surface area contributed by atoms with Crippen molar-refractivity contribution in [1.82, 2.24) is 15.1 Å². The predicted octanol–water partition coefficient (Wildman–Crippen LogP) is 5.46. The van der Waals surface area contributed by atoms with Gasteiger partial charge in [-0.1, -0.05) is 30.3 Å². The lowest BCUT2D eigenvalue weighted by Gasteiger charge is -1.98. The van der Waals surface area contributed by atoms with E-state index in [1.807, 2.05) is 18.3 Å². The molecule has 0 spiro atoms. The van der Waals surface area contributed by atoms with Gasteiger partial charge in [-0.3, -0.25) is 0 Å². The monoisotopic (exact) mass is 333 g/mol. The second-order valence-corrected chi connectivity index (χ2v) is 7.04. The molecule has 118 valence electrons. The largest absolute Gasteiger partial charge is 0.350 e. The number of hydrogen-bond acceptors (Lipinski definition) is 4. The minimum Gasteiger partial charge on any atom is -0.350 e. The molecule has 5 heteroatoms. The van der Waals surface area contributed by atoms with Crippen LogP contribution >= 0.6 is 11.3 Å². The van der Waals surface area contributed by atoms with Crippen molar-refractivity contribution in [2.75, 3.05) is 0 Å². The third kappa shape index (κ3) is 1.85. The minimum absolute atomic E-state index is 0.552. The summed E-state index contributed by atoms with van der Waals surface area (Å²) in [5.41, 5.74) is 3.28. The molecule has 0 atom stereocenters. The van der Waals surface area contributed by atoms with Crippen molar-refractivity contribution in [3.05, 3.63) is 47.8 Å². The van der Waals surface area contributed by atoms with Crippen molar-refractivity contribution >= 4 is 42.4 Å². The van der Waals surface area contributed by atoms with E-state index in [1.165, 1.54) is 31.1 Å². The van der Waals surface area contributed by atoms with Crippen molar-refractivity contribution in [3.8, 4) is 11.6 Å². The molecule has 0 saturated carbocycles. The number of aromatic amines is 1. The highest BCUT2D eigenvalue weighted by Gasteiger charge is 2.15. The first-order chi connectivity index (χ1) is 11.7. The van der Waals surface area contributed by atoms with E-state index in [1.54, 1.807) is 0 Å². The molecule has 2 aromatic carbocycles. The van der Waals surface area contributed by atoms with E-state index in [-0.39, 0.29) is 0 Å². The summed E-state index contributed by atoms with van der Waals surface area (Å²) in [4.78, 5) is 7.87. The molecule has 1 N–H and O–H groups in total. The number of rotatable bonds is 2. The fourth-order valence-electron chi connectivity index (χ4n) is 3.27. The molecule has 0 fully saturated rings. The number of aromatic nitrogens is 3. The summed E-state index contributed by atoms with van der Waals surface area (Å²) in [5, 5.41) is 7.80. The molecule has 4 nitrogen and oxygen atoms in total. The van der Waals surface area contributed by atoms with E-state index in [9.17, 15) is 0 Å². The Labute approximate surface area is 142 Å². The van der Waals surface area contributed by atoms with E-state index in [0.29, 0.717) is 5.89 Å². The molecule has 0 unspecified atom stereocenters. The Morgan fingerprint density at radius 2 is 2.00 bits per heavy atom. The van der Waals surface area contributed by atoms with Crippen LogP contribution in [0.4, 0.5) is 0 Å². The molecule has 0 radical (unpaired) electrons. The van der Waals surface area contributed by atoms with Gasteiger partial charge in [-0.25, -0.2) is 0 Å². The first kappa shape index (κ1) is 13.7. The number of thiophene rings is 1. The molecular formula is C19H15N3OS. The number of benzene rings is 2. The highest BCUT2D eigenvalue weighted by molar-refractivity contribution is 7.26. The fourth-order valence-corrected chi connectivity index (χ4v) is 4.47. The summed E-state index contributed by atoms with van der Waals surface area (Å²) in [6, 6.07) is 12.9. The van der Waals surface area contributed by atoms with Gasteiger partial charge in [0.05, 0.1) is 0 Å². The Kier molecular flexibility index (Phi) is 2.82. The van der Waals surface area contributed by atoms with Crippen molar-refractivity contribution in [2.45, 2.75) is 20.3 Å². The van der Waals surface area contributed by atoms with Crippen LogP contribution in [0.25, 0.3) is 42.7 Å². The highest BCUT2D eigenvalue weighted by Crippen LogP contribution is 2.39. The smallest absolute Gasteiger partial charge is 0.274 e. The molecule has 0 bridgehead atoms. The Balaban J connectivity index is 1.80. The van der Waals surface area contributed by atoms with Gasteiger partial charge in [0, 0.05) is 37.5 Å². The maximum Gasteiger partial charge on any atom is 0.274 e. The van der Waals surface area contributed by atoms with Crippen molar-refractivity contribution in [1.29, 1.82) is 0 Å². The van der Waals surface area contributed by atoms with Gasteiger partial charge in [0.1, 0.15) is 5.69 Å². The number of nitrogens with one attached hydrogen (secondary N) is 1. The molecule has 0 aliphatic carbocycles. The van der Waals surface area contributed by atoms with E-state index in [4.69, 9.17) is 4.52 Å². The topological polar surface area (TPSA) is 54.7 Å². The molecule has 3 heterocycles. The first-order valence-corrected chi connectivity index (χ1v) is 8.82. The maximum atomic E-state index is 5.37. The second kappa shape index (κ2) is 4.92. The molecule has 0 aliphatic heterocycles. The average molecular weight is 333 g/mol.